The van der Waals surface area contributed by atoms with Gasteiger partial charge in [-0.15, -0.1) is 0 Å². The molecule has 0 fully saturated rings. The van der Waals surface area contributed by atoms with E-state index >= 15 is 0 Å². The first-order chi connectivity index (χ1) is 4.31. The van der Waals surface area contributed by atoms with Gasteiger partial charge in [-0.1, -0.05) is 15.9 Å². The first-order valence-electron chi connectivity index (χ1n) is 3.18. The molecule has 1 nitrogen and oxygen atoms in total. The van der Waals surface area contributed by atoms with Crippen LogP contribution in [0.1, 0.15) is 25.7 Å². The van der Waals surface area contributed by atoms with E-state index in [0.717, 1.165) is 18.2 Å². The van der Waals surface area contributed by atoms with Crippen molar-refractivity contribution in [1.82, 2.24) is 0 Å². The summed E-state index contributed by atoms with van der Waals surface area (Å²) >= 11 is 3.26. The zero-order valence-electron chi connectivity index (χ0n) is 5.53. The molecule has 0 N–H and O–H groups in total. The molecule has 0 spiro atoms. The molecule has 2 heteroatoms. The fourth-order valence-electron chi connectivity index (χ4n) is 0.586. The fraction of sp³-hybridized carbons (Fsp3) is 0.714. The van der Waals surface area contributed by atoms with Gasteiger partial charge in [0, 0.05) is 11.8 Å². The van der Waals surface area contributed by atoms with Gasteiger partial charge >= 0.3 is 0 Å². The van der Waals surface area contributed by atoms with Gasteiger partial charge in [-0.3, -0.25) is 4.79 Å². The topological polar surface area (TPSA) is 17.1 Å². The first kappa shape index (κ1) is 9.15. The van der Waals surface area contributed by atoms with Gasteiger partial charge in [0.25, 0.3) is 0 Å². The number of carbonyl (C=O) groups is 1. The quantitative estimate of drug-likeness (QED) is 0.482. The van der Waals surface area contributed by atoms with E-state index < -0.39 is 0 Å². The second-order valence-electron chi connectivity index (χ2n) is 1.93. The zero-order valence-corrected chi connectivity index (χ0v) is 7.11. The Hall–Kier alpha value is 0.150. The smallest absolute Gasteiger partial charge is 0.130 e. The van der Waals surface area contributed by atoms with Gasteiger partial charge in [0.2, 0.25) is 0 Å². The van der Waals surface area contributed by atoms with E-state index in [1.165, 1.54) is 0 Å². The molecule has 0 aromatic rings. The molecule has 0 aromatic heterocycles. The highest BCUT2D eigenvalue weighted by atomic mass is 79.9. The van der Waals surface area contributed by atoms with Crippen molar-refractivity contribution in [3.8, 4) is 0 Å². The summed E-state index contributed by atoms with van der Waals surface area (Å²) in [6.07, 6.45) is 3.05. The summed E-state index contributed by atoms with van der Waals surface area (Å²) < 4.78 is 0. The number of rotatable bonds is 5. The van der Waals surface area contributed by atoms with Crippen molar-refractivity contribution in [3.63, 3.8) is 0 Å². The second kappa shape index (κ2) is 6.27. The lowest BCUT2D eigenvalue weighted by atomic mass is 10.1. The third kappa shape index (κ3) is 6.03. The fourth-order valence-corrected chi connectivity index (χ4v) is 0.867. The van der Waals surface area contributed by atoms with E-state index in [2.05, 4.69) is 22.9 Å². The minimum absolute atomic E-state index is 0.337. The minimum Gasteiger partial charge on any atom is -0.343 e. The summed E-state index contributed by atoms with van der Waals surface area (Å²) in [4.78, 5) is 10.7. The average Bonchev–Trinajstić information content (AvgIpc) is 1.85. The zero-order chi connectivity index (χ0) is 7.11. The van der Waals surface area contributed by atoms with Crippen molar-refractivity contribution in [2.24, 2.45) is 0 Å². The third-order valence-electron chi connectivity index (χ3n) is 1.04. The van der Waals surface area contributed by atoms with Gasteiger partial charge in [0.05, 0.1) is 0 Å². The molecule has 0 unspecified atom stereocenters. The predicted molar refractivity (Wildman–Crippen MR) is 42.6 cm³/mol. The summed E-state index contributed by atoms with van der Waals surface area (Å²) in [6, 6.07) is 0. The van der Waals surface area contributed by atoms with E-state index in [1.54, 1.807) is 0 Å². The van der Waals surface area contributed by atoms with Crippen LogP contribution < -0.4 is 0 Å². The Morgan fingerprint density at radius 1 is 1.44 bits per heavy atom. The molecule has 9 heavy (non-hydrogen) atoms. The van der Waals surface area contributed by atoms with Crippen LogP contribution in [0.25, 0.3) is 0 Å². The van der Waals surface area contributed by atoms with Gasteiger partial charge in [0.1, 0.15) is 5.78 Å². The van der Waals surface area contributed by atoms with Gasteiger partial charge < -0.3 is 6.92 Å². The standard InChI is InChI=1S/C7H12BrO/c1-2-4-7(9)5-3-6-8/h1-6H2/q-1. The van der Waals surface area contributed by atoms with Crippen molar-refractivity contribution in [3.05, 3.63) is 6.92 Å². The number of halogens is 1. The summed E-state index contributed by atoms with van der Waals surface area (Å²) in [5.74, 6) is 0.337. The second-order valence-corrected chi connectivity index (χ2v) is 2.73. The van der Waals surface area contributed by atoms with E-state index in [-0.39, 0.29) is 0 Å². The van der Waals surface area contributed by atoms with Gasteiger partial charge in [0.15, 0.2) is 0 Å². The van der Waals surface area contributed by atoms with E-state index in [4.69, 9.17) is 0 Å². The highest BCUT2D eigenvalue weighted by Crippen LogP contribution is 1.99. The lowest BCUT2D eigenvalue weighted by Gasteiger charge is -1.96. The molecule has 0 rings (SSSR count). The van der Waals surface area contributed by atoms with Crippen molar-refractivity contribution in [2.75, 3.05) is 5.33 Å². The maximum Gasteiger partial charge on any atom is 0.130 e. The Morgan fingerprint density at radius 3 is 2.56 bits per heavy atom. The molecule has 0 aromatic carbocycles. The molecule has 0 aliphatic heterocycles. The van der Waals surface area contributed by atoms with Crippen molar-refractivity contribution >= 4 is 21.7 Å². The van der Waals surface area contributed by atoms with E-state index in [1.807, 2.05) is 0 Å². The molecular weight excluding hydrogens is 180 g/mol. The molecule has 0 heterocycles. The maximum absolute atomic E-state index is 10.7. The highest BCUT2D eigenvalue weighted by molar-refractivity contribution is 9.09. The molecule has 0 bridgehead atoms. The van der Waals surface area contributed by atoms with Gasteiger partial charge in [-0.05, 0) is 12.8 Å². The molecule has 0 aliphatic carbocycles. The highest BCUT2D eigenvalue weighted by Gasteiger charge is 1.95. The van der Waals surface area contributed by atoms with Crippen LogP contribution in [0.5, 0.6) is 0 Å². The summed E-state index contributed by atoms with van der Waals surface area (Å²) in [5, 5.41) is 0.926. The Balaban J connectivity index is 3.06. The predicted octanol–water partition coefficient (Wildman–Crippen LogP) is 2.34. The van der Waals surface area contributed by atoms with Crippen LogP contribution >= 0.6 is 15.9 Å². The number of hydrogen-bond acceptors (Lipinski definition) is 1. The summed E-state index contributed by atoms with van der Waals surface area (Å²) in [7, 11) is 0. The largest absolute Gasteiger partial charge is 0.343 e. The van der Waals surface area contributed by atoms with Crippen molar-refractivity contribution in [2.45, 2.75) is 25.7 Å². The molecule has 0 amide bonds. The van der Waals surface area contributed by atoms with Crippen molar-refractivity contribution in [1.29, 1.82) is 0 Å². The molecule has 0 saturated carbocycles. The number of Topliss-reactive ketones (excluding diaryl/α,β-unsaturated/α-hetero) is 1. The van der Waals surface area contributed by atoms with Crippen LogP contribution in [-0.4, -0.2) is 11.1 Å². The van der Waals surface area contributed by atoms with Gasteiger partial charge in [-0.2, -0.15) is 6.42 Å². The minimum atomic E-state index is 0.337. The summed E-state index contributed by atoms with van der Waals surface area (Å²) in [5.41, 5.74) is 0. The van der Waals surface area contributed by atoms with Crippen LogP contribution in [0.15, 0.2) is 0 Å². The summed E-state index contributed by atoms with van der Waals surface area (Å²) in [6.45, 7) is 3.60. The Labute approximate surface area is 65.0 Å². The molecule has 54 valence electrons. The third-order valence-corrected chi connectivity index (χ3v) is 1.61. The van der Waals surface area contributed by atoms with Crippen LogP contribution in [0, 0.1) is 6.92 Å². The molecule has 0 radical (unpaired) electrons. The molecule has 0 atom stereocenters. The maximum atomic E-state index is 10.7. The molecule has 0 aliphatic rings. The van der Waals surface area contributed by atoms with Crippen molar-refractivity contribution < 1.29 is 4.79 Å². The monoisotopic (exact) mass is 191 g/mol. The lowest BCUT2D eigenvalue weighted by molar-refractivity contribution is -0.119. The number of hydrogen-bond donors (Lipinski definition) is 0. The Bertz CT molecular complexity index is 81.0. The average molecular weight is 192 g/mol. The first-order valence-corrected chi connectivity index (χ1v) is 4.30. The van der Waals surface area contributed by atoms with Crippen LogP contribution in [0.3, 0.4) is 0 Å². The van der Waals surface area contributed by atoms with E-state index in [0.29, 0.717) is 18.6 Å². The number of alkyl halides is 1. The Kier molecular flexibility index (Phi) is 6.38. The van der Waals surface area contributed by atoms with Crippen LogP contribution in [-0.2, 0) is 4.79 Å². The number of carbonyl (C=O) groups excluding carboxylic acids is 1. The molecular formula is C7H12BrO-. The van der Waals surface area contributed by atoms with Crippen LogP contribution in [0.2, 0.25) is 0 Å². The lowest BCUT2D eigenvalue weighted by Crippen LogP contribution is -1.96. The normalized spacial score (nSPS) is 9.56. The SMILES string of the molecule is [CH2-]CCC(=O)CCCBr. The molecule has 0 saturated heterocycles. The van der Waals surface area contributed by atoms with Crippen LogP contribution in [0.4, 0.5) is 0 Å². The van der Waals surface area contributed by atoms with E-state index in [9.17, 15) is 4.79 Å². The Morgan fingerprint density at radius 2 is 2.11 bits per heavy atom. The number of ketones is 1. The van der Waals surface area contributed by atoms with Gasteiger partial charge in [-0.25, -0.2) is 0 Å².